The van der Waals surface area contributed by atoms with Crippen molar-refractivity contribution in [3.8, 4) is 5.75 Å². The number of nitrogens with one attached hydrogen (secondary N) is 2. The van der Waals surface area contributed by atoms with E-state index in [1.165, 1.54) is 0 Å². The van der Waals surface area contributed by atoms with Crippen molar-refractivity contribution in [2.75, 3.05) is 17.7 Å². The second-order valence-corrected chi connectivity index (χ2v) is 8.97. The Morgan fingerprint density at radius 1 is 1.00 bits per heavy atom. The quantitative estimate of drug-likeness (QED) is 0.377. The Morgan fingerprint density at radius 3 is 2.51 bits per heavy atom. The highest BCUT2D eigenvalue weighted by Crippen LogP contribution is 2.40. The van der Waals surface area contributed by atoms with Crippen LogP contribution in [-0.4, -0.2) is 33.7 Å². The van der Waals surface area contributed by atoms with E-state index in [1.54, 1.807) is 61.8 Å². The SMILES string of the molecule is COc1cccc(NC(=O)c2ccccc2NC(=O)c2cc(C3CC3)nc3c2cnn3C(C)C)c1. The molecule has 8 nitrogen and oxygen atoms in total. The minimum Gasteiger partial charge on any atom is -0.497 e. The molecule has 5 rings (SSSR count). The zero-order valence-electron chi connectivity index (χ0n) is 19.9. The van der Waals surface area contributed by atoms with Gasteiger partial charge in [-0.3, -0.25) is 9.59 Å². The van der Waals surface area contributed by atoms with Crippen molar-refractivity contribution in [1.82, 2.24) is 14.8 Å². The van der Waals surface area contributed by atoms with Crippen LogP contribution in [0.1, 0.15) is 65.1 Å². The molecule has 1 fully saturated rings. The van der Waals surface area contributed by atoms with Gasteiger partial charge in [0.25, 0.3) is 11.8 Å². The Labute approximate surface area is 203 Å². The third-order valence-electron chi connectivity index (χ3n) is 6.06. The van der Waals surface area contributed by atoms with Crippen molar-refractivity contribution in [2.24, 2.45) is 0 Å². The van der Waals surface area contributed by atoms with E-state index < -0.39 is 0 Å². The Morgan fingerprint density at radius 2 is 1.77 bits per heavy atom. The van der Waals surface area contributed by atoms with Gasteiger partial charge in [-0.15, -0.1) is 0 Å². The molecule has 0 radical (unpaired) electrons. The predicted octanol–water partition coefficient (Wildman–Crippen LogP) is 5.40. The van der Waals surface area contributed by atoms with Crippen molar-refractivity contribution in [3.63, 3.8) is 0 Å². The van der Waals surface area contributed by atoms with E-state index in [2.05, 4.69) is 15.7 Å². The number of ether oxygens (including phenoxy) is 1. The molecule has 2 aromatic heterocycles. The van der Waals surface area contributed by atoms with Gasteiger partial charge in [0, 0.05) is 29.4 Å². The summed E-state index contributed by atoms with van der Waals surface area (Å²) in [5, 5.41) is 11.0. The number of rotatable bonds is 7. The number of pyridine rings is 1. The number of aromatic nitrogens is 3. The molecule has 0 aliphatic heterocycles. The number of methoxy groups -OCH3 is 1. The summed E-state index contributed by atoms with van der Waals surface area (Å²) in [6.07, 6.45) is 3.83. The van der Waals surface area contributed by atoms with E-state index in [1.807, 2.05) is 24.6 Å². The van der Waals surface area contributed by atoms with Crippen molar-refractivity contribution in [2.45, 2.75) is 38.6 Å². The maximum absolute atomic E-state index is 13.5. The number of fused-ring (bicyclic) bond motifs is 1. The highest BCUT2D eigenvalue weighted by molar-refractivity contribution is 6.15. The molecule has 0 spiro atoms. The van der Waals surface area contributed by atoms with Crippen LogP contribution in [-0.2, 0) is 0 Å². The minimum absolute atomic E-state index is 0.117. The maximum atomic E-state index is 13.5. The third-order valence-corrected chi connectivity index (χ3v) is 6.06. The zero-order chi connectivity index (χ0) is 24.5. The van der Waals surface area contributed by atoms with E-state index in [9.17, 15) is 9.59 Å². The molecule has 2 heterocycles. The van der Waals surface area contributed by atoms with Crippen molar-refractivity contribution in [3.05, 3.63) is 77.6 Å². The van der Waals surface area contributed by atoms with Gasteiger partial charge >= 0.3 is 0 Å². The first-order valence-electron chi connectivity index (χ1n) is 11.7. The van der Waals surface area contributed by atoms with Gasteiger partial charge in [-0.2, -0.15) is 5.10 Å². The first-order chi connectivity index (χ1) is 16.9. The predicted molar refractivity (Wildman–Crippen MR) is 135 cm³/mol. The molecule has 0 bridgehead atoms. The number of carbonyl (C=O) groups is 2. The monoisotopic (exact) mass is 469 g/mol. The van der Waals surface area contributed by atoms with E-state index in [0.717, 1.165) is 18.5 Å². The number of para-hydroxylation sites is 1. The number of hydrogen-bond donors (Lipinski definition) is 2. The fourth-order valence-corrected chi connectivity index (χ4v) is 4.07. The molecule has 0 saturated heterocycles. The van der Waals surface area contributed by atoms with Crippen LogP contribution in [0.3, 0.4) is 0 Å². The molecule has 4 aromatic rings. The van der Waals surface area contributed by atoms with Gasteiger partial charge in [-0.05, 0) is 57.0 Å². The fraction of sp³-hybridized carbons (Fsp3) is 0.259. The Bertz CT molecular complexity index is 1420. The molecule has 35 heavy (non-hydrogen) atoms. The lowest BCUT2D eigenvalue weighted by atomic mass is 10.1. The number of benzene rings is 2. The van der Waals surface area contributed by atoms with Gasteiger partial charge in [-0.1, -0.05) is 18.2 Å². The lowest BCUT2D eigenvalue weighted by Gasteiger charge is -2.13. The molecule has 1 saturated carbocycles. The molecule has 2 amide bonds. The van der Waals surface area contributed by atoms with Gasteiger partial charge in [0.2, 0.25) is 0 Å². The minimum atomic E-state index is -0.333. The average molecular weight is 470 g/mol. The summed E-state index contributed by atoms with van der Waals surface area (Å²) in [5.41, 5.74) is 3.50. The number of anilines is 2. The van der Waals surface area contributed by atoms with Crippen LogP contribution in [0.5, 0.6) is 5.75 Å². The van der Waals surface area contributed by atoms with Crippen LogP contribution in [0.2, 0.25) is 0 Å². The summed E-state index contributed by atoms with van der Waals surface area (Å²) in [4.78, 5) is 31.4. The van der Waals surface area contributed by atoms with E-state index in [4.69, 9.17) is 9.72 Å². The second kappa shape index (κ2) is 9.21. The molecule has 178 valence electrons. The zero-order valence-corrected chi connectivity index (χ0v) is 19.9. The summed E-state index contributed by atoms with van der Waals surface area (Å²) < 4.78 is 7.07. The molecule has 0 unspecified atom stereocenters. The molecular formula is C27H27N5O3. The van der Waals surface area contributed by atoms with E-state index in [0.29, 0.717) is 45.2 Å². The summed E-state index contributed by atoms with van der Waals surface area (Å²) >= 11 is 0. The van der Waals surface area contributed by atoms with Crippen LogP contribution in [0.25, 0.3) is 11.0 Å². The number of hydrogen-bond acceptors (Lipinski definition) is 5. The first kappa shape index (κ1) is 22.6. The second-order valence-electron chi connectivity index (χ2n) is 8.97. The van der Waals surface area contributed by atoms with Crippen molar-refractivity contribution >= 4 is 34.2 Å². The Hall–Kier alpha value is -4.20. The fourth-order valence-electron chi connectivity index (χ4n) is 4.07. The topological polar surface area (TPSA) is 98.1 Å². The van der Waals surface area contributed by atoms with Crippen LogP contribution >= 0.6 is 0 Å². The summed E-state index contributed by atoms with van der Waals surface area (Å²) in [5.74, 6) is 0.381. The third kappa shape index (κ3) is 4.59. The van der Waals surface area contributed by atoms with Crippen molar-refractivity contribution < 1.29 is 14.3 Å². The summed E-state index contributed by atoms with van der Waals surface area (Å²) in [6, 6.07) is 16.0. The van der Waals surface area contributed by atoms with Gasteiger partial charge < -0.3 is 15.4 Å². The standard InChI is InChI=1S/C27H27N5O3/c1-16(2)32-25-22(15-28-32)21(14-24(30-25)17-11-12-17)27(34)31-23-10-5-4-9-20(23)26(33)29-18-7-6-8-19(13-18)35-3/h4-10,13-17H,11-12H2,1-3H3,(H,29,33)(H,31,34). The molecule has 2 aromatic carbocycles. The van der Waals surface area contributed by atoms with Gasteiger partial charge in [-0.25, -0.2) is 9.67 Å². The Kier molecular flexibility index (Phi) is 5.94. The highest BCUT2D eigenvalue weighted by atomic mass is 16.5. The smallest absolute Gasteiger partial charge is 0.257 e. The Balaban J connectivity index is 1.45. The van der Waals surface area contributed by atoms with Gasteiger partial charge in [0.1, 0.15) is 5.75 Å². The number of carbonyl (C=O) groups excluding carboxylic acids is 2. The normalized spacial score (nSPS) is 13.1. The maximum Gasteiger partial charge on any atom is 0.257 e. The van der Waals surface area contributed by atoms with E-state index >= 15 is 0 Å². The van der Waals surface area contributed by atoms with Crippen LogP contribution < -0.4 is 15.4 Å². The molecule has 8 heteroatoms. The van der Waals surface area contributed by atoms with Gasteiger partial charge in [0.15, 0.2) is 5.65 Å². The molecular weight excluding hydrogens is 442 g/mol. The lowest BCUT2D eigenvalue weighted by Crippen LogP contribution is -2.19. The molecule has 1 aliphatic carbocycles. The van der Waals surface area contributed by atoms with E-state index in [-0.39, 0.29) is 17.9 Å². The number of amides is 2. The first-order valence-corrected chi connectivity index (χ1v) is 11.7. The summed E-state index contributed by atoms with van der Waals surface area (Å²) in [7, 11) is 1.57. The molecule has 2 N–H and O–H groups in total. The highest BCUT2D eigenvalue weighted by Gasteiger charge is 2.28. The van der Waals surface area contributed by atoms with Gasteiger partial charge in [0.05, 0.1) is 35.5 Å². The van der Waals surface area contributed by atoms with Crippen molar-refractivity contribution in [1.29, 1.82) is 0 Å². The summed E-state index contributed by atoms with van der Waals surface area (Å²) in [6.45, 7) is 4.07. The van der Waals surface area contributed by atoms with Crippen LogP contribution in [0, 0.1) is 0 Å². The molecule has 0 atom stereocenters. The van der Waals surface area contributed by atoms with Crippen LogP contribution in [0.4, 0.5) is 11.4 Å². The lowest BCUT2D eigenvalue weighted by molar-refractivity contribution is 0.102. The average Bonchev–Trinajstić information content (AvgIpc) is 3.62. The van der Waals surface area contributed by atoms with Crippen LogP contribution in [0.15, 0.2) is 60.8 Å². The molecule has 1 aliphatic rings. The number of nitrogens with zero attached hydrogens (tertiary/aromatic N) is 3. The largest absolute Gasteiger partial charge is 0.497 e.